The molecule has 0 atom stereocenters. The number of hydrogen-bond acceptors (Lipinski definition) is 3. The standard InChI is InChI=1S/C21H20O3/c1-22-16-15-17-7-9-19(10-8-17)24-21-13-11-20(12-14-21)23-18-5-3-2-4-6-18/h2-14H,15-16H2,1H3. The fourth-order valence-corrected chi connectivity index (χ4v) is 2.28. The molecule has 0 unspecified atom stereocenters. The van der Waals surface area contributed by atoms with Crippen LogP contribution in [0.5, 0.6) is 23.0 Å². The molecule has 0 N–H and O–H groups in total. The molecule has 0 aliphatic carbocycles. The fraction of sp³-hybridized carbons (Fsp3) is 0.143. The molecule has 3 aromatic carbocycles. The van der Waals surface area contributed by atoms with E-state index in [0.29, 0.717) is 0 Å². The van der Waals surface area contributed by atoms with E-state index in [1.165, 1.54) is 5.56 Å². The Morgan fingerprint density at radius 2 is 1.04 bits per heavy atom. The number of methoxy groups -OCH3 is 1. The highest BCUT2D eigenvalue weighted by Crippen LogP contribution is 2.26. The molecule has 0 heterocycles. The first-order chi connectivity index (χ1) is 11.8. The lowest BCUT2D eigenvalue weighted by Crippen LogP contribution is -1.94. The van der Waals surface area contributed by atoms with E-state index in [-0.39, 0.29) is 0 Å². The lowest BCUT2D eigenvalue weighted by molar-refractivity contribution is 0.202. The first-order valence-electron chi connectivity index (χ1n) is 7.92. The monoisotopic (exact) mass is 320 g/mol. The Bertz CT molecular complexity index is 734. The molecule has 0 aromatic heterocycles. The molecule has 0 saturated carbocycles. The maximum Gasteiger partial charge on any atom is 0.127 e. The Labute approximate surface area is 142 Å². The minimum Gasteiger partial charge on any atom is -0.457 e. The minimum atomic E-state index is 0.725. The summed E-state index contributed by atoms with van der Waals surface area (Å²) in [4.78, 5) is 0. The van der Waals surface area contributed by atoms with E-state index >= 15 is 0 Å². The van der Waals surface area contributed by atoms with Crippen molar-refractivity contribution in [2.75, 3.05) is 13.7 Å². The van der Waals surface area contributed by atoms with Gasteiger partial charge in [0, 0.05) is 7.11 Å². The summed E-state index contributed by atoms with van der Waals surface area (Å²) in [7, 11) is 1.71. The third kappa shape index (κ3) is 4.61. The molecular formula is C21H20O3. The highest BCUT2D eigenvalue weighted by molar-refractivity contribution is 5.38. The van der Waals surface area contributed by atoms with E-state index in [1.807, 2.05) is 66.7 Å². The van der Waals surface area contributed by atoms with Crippen LogP contribution in [0.25, 0.3) is 0 Å². The number of hydrogen-bond donors (Lipinski definition) is 0. The largest absolute Gasteiger partial charge is 0.457 e. The second-order valence-corrected chi connectivity index (χ2v) is 5.38. The summed E-state index contributed by atoms with van der Waals surface area (Å²) in [5.41, 5.74) is 1.23. The molecular weight excluding hydrogens is 300 g/mol. The summed E-state index contributed by atoms with van der Waals surface area (Å²) in [5, 5.41) is 0. The zero-order valence-corrected chi connectivity index (χ0v) is 13.6. The van der Waals surface area contributed by atoms with Crippen LogP contribution >= 0.6 is 0 Å². The van der Waals surface area contributed by atoms with Crippen LogP contribution in [0.15, 0.2) is 78.9 Å². The Morgan fingerprint density at radius 1 is 0.583 bits per heavy atom. The molecule has 24 heavy (non-hydrogen) atoms. The third-order valence-electron chi connectivity index (χ3n) is 3.56. The SMILES string of the molecule is COCCc1ccc(Oc2ccc(Oc3ccccc3)cc2)cc1. The highest BCUT2D eigenvalue weighted by Gasteiger charge is 2.01. The normalized spacial score (nSPS) is 10.4. The van der Waals surface area contributed by atoms with Gasteiger partial charge in [0.15, 0.2) is 0 Å². The fourth-order valence-electron chi connectivity index (χ4n) is 2.28. The van der Waals surface area contributed by atoms with Gasteiger partial charge < -0.3 is 14.2 Å². The van der Waals surface area contributed by atoms with Crippen LogP contribution in [0.1, 0.15) is 5.56 Å². The van der Waals surface area contributed by atoms with Gasteiger partial charge in [0.2, 0.25) is 0 Å². The maximum atomic E-state index is 5.86. The van der Waals surface area contributed by atoms with E-state index < -0.39 is 0 Å². The molecule has 3 rings (SSSR count). The Morgan fingerprint density at radius 3 is 1.54 bits per heavy atom. The predicted octanol–water partition coefficient (Wildman–Crippen LogP) is 5.46. The summed E-state index contributed by atoms with van der Waals surface area (Å²) in [6.07, 6.45) is 0.905. The van der Waals surface area contributed by atoms with Gasteiger partial charge in [0.05, 0.1) is 6.61 Å². The van der Waals surface area contributed by atoms with Crippen molar-refractivity contribution in [3.05, 3.63) is 84.4 Å². The van der Waals surface area contributed by atoms with Crippen molar-refractivity contribution < 1.29 is 14.2 Å². The van der Waals surface area contributed by atoms with Gasteiger partial charge in [-0.15, -0.1) is 0 Å². The zero-order chi connectivity index (χ0) is 16.6. The minimum absolute atomic E-state index is 0.725. The molecule has 0 saturated heterocycles. The summed E-state index contributed by atoms with van der Waals surface area (Å²) in [6.45, 7) is 0.725. The molecule has 0 aliphatic heterocycles. The topological polar surface area (TPSA) is 27.7 Å². The number of rotatable bonds is 7. The summed E-state index contributed by atoms with van der Waals surface area (Å²) in [5.74, 6) is 3.19. The van der Waals surface area contributed by atoms with E-state index in [4.69, 9.17) is 14.2 Å². The maximum absolute atomic E-state index is 5.86. The van der Waals surface area contributed by atoms with Crippen molar-refractivity contribution in [3.8, 4) is 23.0 Å². The molecule has 0 amide bonds. The van der Waals surface area contributed by atoms with E-state index in [0.717, 1.165) is 36.0 Å². The Balaban J connectivity index is 1.59. The van der Waals surface area contributed by atoms with Crippen LogP contribution in [-0.2, 0) is 11.2 Å². The average molecular weight is 320 g/mol. The van der Waals surface area contributed by atoms with Crippen molar-refractivity contribution in [1.82, 2.24) is 0 Å². The quantitative estimate of drug-likeness (QED) is 0.578. The second kappa shape index (κ2) is 8.18. The van der Waals surface area contributed by atoms with Crippen molar-refractivity contribution in [1.29, 1.82) is 0 Å². The Hall–Kier alpha value is -2.78. The van der Waals surface area contributed by atoms with Gasteiger partial charge in [0.1, 0.15) is 23.0 Å². The van der Waals surface area contributed by atoms with Gasteiger partial charge in [-0.05, 0) is 60.5 Å². The van der Waals surface area contributed by atoms with Gasteiger partial charge in [-0.3, -0.25) is 0 Å². The van der Waals surface area contributed by atoms with E-state index in [1.54, 1.807) is 7.11 Å². The first-order valence-corrected chi connectivity index (χ1v) is 7.92. The molecule has 0 spiro atoms. The van der Waals surface area contributed by atoms with Crippen LogP contribution in [0, 0.1) is 0 Å². The number of para-hydroxylation sites is 1. The zero-order valence-electron chi connectivity index (χ0n) is 13.6. The van der Waals surface area contributed by atoms with Crippen LogP contribution in [0.2, 0.25) is 0 Å². The lowest BCUT2D eigenvalue weighted by atomic mass is 10.1. The molecule has 3 nitrogen and oxygen atoms in total. The smallest absolute Gasteiger partial charge is 0.127 e. The van der Waals surface area contributed by atoms with Crippen molar-refractivity contribution >= 4 is 0 Å². The molecule has 0 bridgehead atoms. The van der Waals surface area contributed by atoms with Crippen molar-refractivity contribution in [2.45, 2.75) is 6.42 Å². The molecule has 3 aromatic rings. The number of ether oxygens (including phenoxy) is 3. The van der Waals surface area contributed by atoms with Crippen molar-refractivity contribution in [2.24, 2.45) is 0 Å². The highest BCUT2D eigenvalue weighted by atomic mass is 16.5. The predicted molar refractivity (Wildman–Crippen MR) is 95.1 cm³/mol. The second-order valence-electron chi connectivity index (χ2n) is 5.38. The van der Waals surface area contributed by atoms with Gasteiger partial charge in [-0.1, -0.05) is 30.3 Å². The van der Waals surface area contributed by atoms with Gasteiger partial charge in [0.25, 0.3) is 0 Å². The van der Waals surface area contributed by atoms with Crippen LogP contribution in [-0.4, -0.2) is 13.7 Å². The molecule has 3 heteroatoms. The summed E-state index contributed by atoms with van der Waals surface area (Å²) >= 11 is 0. The Kier molecular flexibility index (Phi) is 5.48. The van der Waals surface area contributed by atoms with Crippen LogP contribution < -0.4 is 9.47 Å². The molecule has 0 fully saturated rings. The average Bonchev–Trinajstić information content (AvgIpc) is 2.64. The van der Waals surface area contributed by atoms with Gasteiger partial charge in [-0.2, -0.15) is 0 Å². The lowest BCUT2D eigenvalue weighted by Gasteiger charge is -2.09. The molecule has 122 valence electrons. The van der Waals surface area contributed by atoms with Crippen LogP contribution in [0.3, 0.4) is 0 Å². The van der Waals surface area contributed by atoms with Gasteiger partial charge in [-0.25, -0.2) is 0 Å². The van der Waals surface area contributed by atoms with E-state index in [9.17, 15) is 0 Å². The third-order valence-corrected chi connectivity index (χ3v) is 3.56. The van der Waals surface area contributed by atoms with Crippen LogP contribution in [0.4, 0.5) is 0 Å². The van der Waals surface area contributed by atoms with Crippen molar-refractivity contribution in [3.63, 3.8) is 0 Å². The summed E-state index contributed by atoms with van der Waals surface area (Å²) in [6, 6.07) is 25.4. The van der Waals surface area contributed by atoms with E-state index in [2.05, 4.69) is 12.1 Å². The molecule has 0 aliphatic rings. The molecule has 0 radical (unpaired) electrons. The number of benzene rings is 3. The summed E-state index contributed by atoms with van der Waals surface area (Å²) < 4.78 is 16.7. The van der Waals surface area contributed by atoms with Gasteiger partial charge >= 0.3 is 0 Å². The first kappa shape index (κ1) is 16.1.